The number of hydrogen-bond acceptors (Lipinski definition) is 13. The molecule has 0 radical (unpaired) electrons. The van der Waals surface area contributed by atoms with Gasteiger partial charge in [-0.25, -0.2) is 29.9 Å². The van der Waals surface area contributed by atoms with Crippen molar-refractivity contribution in [3.63, 3.8) is 0 Å². The number of aromatic nitrogens is 6. The predicted molar refractivity (Wildman–Crippen MR) is 467 cm³/mol. The average Bonchev–Trinajstić information content (AvgIpc) is 1.51. The van der Waals surface area contributed by atoms with Crippen molar-refractivity contribution in [3.05, 3.63) is 359 Å². The number of methoxy groups -OCH3 is 1. The van der Waals surface area contributed by atoms with E-state index >= 15 is 0 Å². The number of halogens is 4. The van der Waals surface area contributed by atoms with E-state index in [1.54, 1.807) is 25.3 Å². The average molecular weight is 1680 g/mol. The van der Waals surface area contributed by atoms with Crippen LogP contribution in [0.4, 0.5) is 0 Å². The molecule has 0 saturated heterocycles. The number of nitrogens with zero attached hydrogens (tertiary/aromatic N) is 7. The van der Waals surface area contributed by atoms with Crippen LogP contribution < -0.4 is 15.9 Å². The molecular formula is C93H67BBr3ClN8O6. The molecule has 4 N–H and O–H groups in total. The van der Waals surface area contributed by atoms with Crippen LogP contribution in [0.25, 0.3) is 156 Å². The molecule has 0 saturated carbocycles. The van der Waals surface area contributed by atoms with E-state index in [0.29, 0.717) is 46.2 Å². The minimum atomic E-state index is -1.45. The molecular weight excluding hydrogens is 1610 g/mol. The monoisotopic (exact) mass is 1670 g/mol. The first-order valence-electron chi connectivity index (χ1n) is 35.1. The molecule has 0 atom stereocenters. The van der Waals surface area contributed by atoms with Gasteiger partial charge in [0, 0.05) is 96.5 Å². The van der Waals surface area contributed by atoms with E-state index in [9.17, 15) is 0 Å². The minimum absolute atomic E-state index is 0. The molecule has 0 aliphatic heterocycles. The summed E-state index contributed by atoms with van der Waals surface area (Å²) in [6.07, 6.45) is 0. The van der Waals surface area contributed by atoms with Gasteiger partial charge in [0.05, 0.1) is 7.11 Å². The lowest BCUT2D eigenvalue weighted by Crippen LogP contribution is -2.29. The van der Waals surface area contributed by atoms with Gasteiger partial charge in [-0.2, -0.15) is 4.51 Å². The van der Waals surface area contributed by atoms with Crippen LogP contribution in [-0.4, -0.2) is 60.0 Å². The molecule has 0 amide bonds. The summed E-state index contributed by atoms with van der Waals surface area (Å²) in [5, 5.41) is 24.6. The number of rotatable bonds is 11. The van der Waals surface area contributed by atoms with Crippen LogP contribution in [0.3, 0.4) is 0 Å². The van der Waals surface area contributed by atoms with Gasteiger partial charge in [-0.3, -0.25) is 0 Å². The standard InChI is InChI=1S/C45H27N3O2.C21H13Br2N3.C12H9BO3.C7H6BrClN2.C7H8O.CH4/c1-2-8-30(9-3-1)43-46-44(31-18-14-28(15-19-31)33-22-24-41-37(26-33)35-10-4-6-12-39(35)49-41)48-45(47-43)32-20-16-29(17-21-32)34-23-25-42-38(27-34)36-11-5-7-13-40(36)50-42;22-17-10-6-15(7-11-17)20-24-19(14-4-2-1-3-5-14)25-21(26-20)16-8-12-18(23)13-9-16;14-13(15)8-5-6-12-10(7-8)9-3-1-2-4-11(9)16-12;8-6-3-1-5(2-4-6)7(10)11-9;1-8-7-5-3-2-4-6-7;/h1-27H;1-13H;1-7,14-15H;1-4H,(H2,10,11);2-6H,1H3;1H4. The van der Waals surface area contributed by atoms with Crippen molar-refractivity contribution < 1.29 is 28.0 Å². The van der Waals surface area contributed by atoms with Gasteiger partial charge in [-0.15, -0.1) is 0 Å². The first kappa shape index (κ1) is 76.3. The predicted octanol–water partition coefficient (Wildman–Crippen LogP) is 24.3. The molecule has 0 bridgehead atoms. The second kappa shape index (κ2) is 35.5. The van der Waals surface area contributed by atoms with Gasteiger partial charge < -0.3 is 33.8 Å². The molecule has 5 aromatic heterocycles. The summed E-state index contributed by atoms with van der Waals surface area (Å²) in [6, 6.07) is 112. The Morgan fingerprint density at radius 3 is 0.920 bits per heavy atom. The minimum Gasteiger partial charge on any atom is -0.497 e. The summed E-state index contributed by atoms with van der Waals surface area (Å²) in [5.41, 5.74) is 22.0. The zero-order valence-electron chi connectivity index (χ0n) is 59.2. The highest BCUT2D eigenvalue weighted by Gasteiger charge is 2.18. The number of hydrogen-bond donors (Lipinski definition) is 3. The Bertz CT molecular complexity index is 6220. The van der Waals surface area contributed by atoms with Crippen LogP contribution in [-0.2, 0) is 0 Å². The molecule has 112 heavy (non-hydrogen) atoms. The maximum atomic E-state index is 9.12. The molecule has 14 aromatic carbocycles. The summed E-state index contributed by atoms with van der Waals surface area (Å²) in [7, 11) is 0.216. The second-order valence-corrected chi connectivity index (χ2v) is 28.3. The molecule has 546 valence electrons. The van der Waals surface area contributed by atoms with Crippen LogP contribution in [0.2, 0.25) is 0 Å². The van der Waals surface area contributed by atoms with Crippen LogP contribution in [0.1, 0.15) is 13.0 Å². The Hall–Kier alpha value is -12.5. The lowest BCUT2D eigenvalue weighted by atomic mass is 9.80. The van der Waals surface area contributed by atoms with Gasteiger partial charge >= 0.3 is 7.12 Å². The number of fused-ring (bicyclic) bond motifs is 9. The van der Waals surface area contributed by atoms with E-state index in [2.05, 4.69) is 137 Å². The molecule has 0 aliphatic rings. The van der Waals surface area contributed by atoms with Gasteiger partial charge in [0.25, 0.3) is 0 Å². The van der Waals surface area contributed by atoms with Gasteiger partial charge in [-0.05, 0) is 125 Å². The summed E-state index contributed by atoms with van der Waals surface area (Å²) in [6.45, 7) is 0. The van der Waals surface area contributed by atoms with Crippen molar-refractivity contribution in [2.75, 3.05) is 7.11 Å². The van der Waals surface area contributed by atoms with Gasteiger partial charge in [-0.1, -0.05) is 298 Å². The quantitative estimate of drug-likeness (QED) is 0.0627. The lowest BCUT2D eigenvalue weighted by molar-refractivity contribution is 0.415. The highest BCUT2D eigenvalue weighted by Crippen LogP contribution is 2.37. The van der Waals surface area contributed by atoms with Gasteiger partial charge in [0.15, 0.2) is 34.9 Å². The van der Waals surface area contributed by atoms with Gasteiger partial charge in [0.2, 0.25) is 0 Å². The SMILES string of the molecule is Brc1ccc(-c2nc(-c3ccccc3)nc(-c3ccc(Br)cc3)n2)cc1.C.COc1ccccc1.NC(=NCl)c1ccc(Br)cc1.OB(O)c1ccc2oc3ccccc3c2c1.c1ccc(-c2nc(-c3ccc(-c4ccc5oc6ccccc6c5c4)cc3)nc(-c3ccc(-c4ccc5oc6ccccc6c5c4)cc3)n2)cc1. The van der Waals surface area contributed by atoms with Crippen LogP contribution in [0.15, 0.2) is 371 Å². The molecule has 19 heteroatoms. The van der Waals surface area contributed by atoms with Crippen LogP contribution in [0, 0.1) is 0 Å². The summed E-state index contributed by atoms with van der Waals surface area (Å²) >= 11 is 15.4. The highest BCUT2D eigenvalue weighted by atomic mass is 79.9. The number of amidine groups is 1. The third-order valence-corrected chi connectivity index (χ3v) is 19.9. The third kappa shape index (κ3) is 17.8. The number of benzene rings is 14. The normalized spacial score (nSPS) is 11.0. The first-order valence-corrected chi connectivity index (χ1v) is 37.8. The van der Waals surface area contributed by atoms with Gasteiger partial charge in [0.1, 0.15) is 45.1 Å². The zero-order valence-corrected chi connectivity index (χ0v) is 64.7. The van der Waals surface area contributed by atoms with E-state index in [1.165, 1.54) is 0 Å². The summed E-state index contributed by atoms with van der Waals surface area (Å²) in [5.74, 6) is 5.10. The van der Waals surface area contributed by atoms with Crippen LogP contribution >= 0.6 is 59.6 Å². The fourth-order valence-electron chi connectivity index (χ4n) is 12.5. The molecule has 19 rings (SSSR count). The maximum absolute atomic E-state index is 9.12. The Kier molecular flexibility index (Phi) is 24.1. The largest absolute Gasteiger partial charge is 0.497 e. The topological polar surface area (TPSA) is 205 Å². The van der Waals surface area contributed by atoms with Crippen molar-refractivity contribution >= 4 is 144 Å². The first-order chi connectivity index (χ1) is 54.3. The Morgan fingerprint density at radius 1 is 0.321 bits per heavy atom. The van der Waals surface area contributed by atoms with Crippen molar-refractivity contribution in [1.29, 1.82) is 0 Å². The number of furan rings is 3. The van der Waals surface area contributed by atoms with Crippen molar-refractivity contribution in [1.82, 2.24) is 29.9 Å². The van der Waals surface area contributed by atoms with E-state index in [-0.39, 0.29) is 7.43 Å². The molecule has 0 unspecified atom stereocenters. The number of para-hydroxylation sites is 4. The highest BCUT2D eigenvalue weighted by molar-refractivity contribution is 9.11. The molecule has 5 heterocycles. The third-order valence-electron chi connectivity index (χ3n) is 18.2. The smallest absolute Gasteiger partial charge is 0.488 e. The summed E-state index contributed by atoms with van der Waals surface area (Å²) in [4.78, 5) is 29.0. The van der Waals surface area contributed by atoms with Crippen molar-refractivity contribution in [3.8, 4) is 96.3 Å². The maximum Gasteiger partial charge on any atom is 0.488 e. The Morgan fingerprint density at radius 2 is 0.589 bits per heavy atom. The fourth-order valence-corrected chi connectivity index (χ4v) is 13.4. The Balaban J connectivity index is 0.000000139. The number of nitrogens with two attached hydrogens (primary N) is 1. The van der Waals surface area contributed by atoms with Crippen molar-refractivity contribution in [2.45, 2.75) is 7.43 Å². The molecule has 0 spiro atoms. The molecule has 0 fully saturated rings. The van der Waals surface area contributed by atoms with E-state index in [4.69, 9.17) is 75.5 Å². The molecule has 19 aromatic rings. The number of ether oxygens (including phenoxy) is 1. The summed E-state index contributed by atoms with van der Waals surface area (Å²) < 4.78 is 29.0. The van der Waals surface area contributed by atoms with E-state index in [1.807, 2.05) is 237 Å². The second-order valence-electron chi connectivity index (χ2n) is 25.4. The van der Waals surface area contributed by atoms with Crippen LogP contribution in [0.5, 0.6) is 5.75 Å². The fraction of sp³-hybridized carbons (Fsp3) is 0.0215. The van der Waals surface area contributed by atoms with Crippen molar-refractivity contribution in [2.24, 2.45) is 10.2 Å². The van der Waals surface area contributed by atoms with E-state index in [0.717, 1.165) is 146 Å². The lowest BCUT2D eigenvalue weighted by Gasteiger charge is -2.10. The Labute approximate surface area is 676 Å². The van der Waals surface area contributed by atoms with E-state index < -0.39 is 7.12 Å². The molecule has 0 aliphatic carbocycles. The zero-order chi connectivity index (χ0) is 76.2. The molecule has 14 nitrogen and oxygen atoms in total.